The van der Waals surface area contributed by atoms with Crippen molar-refractivity contribution in [1.29, 1.82) is 5.26 Å². The molecule has 2 aromatic heterocycles. The van der Waals surface area contributed by atoms with Crippen LogP contribution in [0.3, 0.4) is 0 Å². The lowest BCUT2D eigenvalue weighted by atomic mass is 10.1. The zero-order valence-electron chi connectivity index (χ0n) is 17.8. The average Bonchev–Trinajstić information content (AvgIpc) is 3.23. The van der Waals surface area contributed by atoms with E-state index in [9.17, 15) is 14.9 Å². The van der Waals surface area contributed by atoms with E-state index in [-0.39, 0.29) is 29.1 Å². The van der Waals surface area contributed by atoms with Gasteiger partial charge in [0.15, 0.2) is 5.65 Å². The molecule has 0 radical (unpaired) electrons. The fourth-order valence-corrected chi connectivity index (χ4v) is 3.71. The molecular weight excluding hydrogens is 402 g/mol. The van der Waals surface area contributed by atoms with Crippen LogP contribution in [0, 0.1) is 18.3 Å². The molecule has 160 valence electrons. The quantitative estimate of drug-likeness (QED) is 0.492. The molecular formula is C25H23N5O2. The Morgan fingerprint density at radius 2 is 1.75 bits per heavy atom. The predicted molar refractivity (Wildman–Crippen MR) is 121 cm³/mol. The highest BCUT2D eigenvalue weighted by Gasteiger charge is 2.20. The first-order valence-electron chi connectivity index (χ1n) is 10.4. The van der Waals surface area contributed by atoms with Crippen LogP contribution in [0.4, 0.5) is 0 Å². The summed E-state index contributed by atoms with van der Waals surface area (Å²) in [6.07, 6.45) is 2.11. The summed E-state index contributed by atoms with van der Waals surface area (Å²) in [5, 5.41) is 12.0. The van der Waals surface area contributed by atoms with Crippen molar-refractivity contribution in [3.05, 3.63) is 105 Å². The Labute approximate surface area is 185 Å². The van der Waals surface area contributed by atoms with E-state index in [0.29, 0.717) is 24.3 Å². The van der Waals surface area contributed by atoms with Gasteiger partial charge in [0.25, 0.3) is 5.56 Å². The number of H-pyrrole nitrogens is 1. The summed E-state index contributed by atoms with van der Waals surface area (Å²) in [5.74, 6) is -0.140. The number of nitriles is 1. The van der Waals surface area contributed by atoms with Crippen molar-refractivity contribution in [2.45, 2.75) is 26.3 Å². The van der Waals surface area contributed by atoms with Crippen molar-refractivity contribution in [2.24, 2.45) is 0 Å². The van der Waals surface area contributed by atoms with Gasteiger partial charge in [-0.15, -0.1) is 0 Å². The molecule has 4 rings (SSSR count). The number of carbonyl (C=O) groups is 1. The molecule has 1 amide bonds. The highest BCUT2D eigenvalue weighted by molar-refractivity contribution is 5.79. The summed E-state index contributed by atoms with van der Waals surface area (Å²) in [6, 6.07) is 21.8. The van der Waals surface area contributed by atoms with Crippen molar-refractivity contribution in [3.63, 3.8) is 0 Å². The molecule has 1 N–H and O–H groups in total. The van der Waals surface area contributed by atoms with Crippen molar-refractivity contribution < 1.29 is 4.79 Å². The molecule has 0 saturated heterocycles. The summed E-state index contributed by atoms with van der Waals surface area (Å²) in [5.41, 5.74) is 3.17. The fourth-order valence-electron chi connectivity index (χ4n) is 3.71. The fraction of sp³-hybridized carbons (Fsp3) is 0.200. The van der Waals surface area contributed by atoms with Gasteiger partial charge in [0.1, 0.15) is 11.6 Å². The Hall–Kier alpha value is -4.18. The van der Waals surface area contributed by atoms with Crippen LogP contribution in [0.2, 0.25) is 0 Å². The molecule has 0 aliphatic heterocycles. The molecule has 7 heteroatoms. The molecule has 0 saturated carbocycles. The van der Waals surface area contributed by atoms with E-state index < -0.39 is 0 Å². The van der Waals surface area contributed by atoms with Crippen molar-refractivity contribution in [1.82, 2.24) is 19.5 Å². The summed E-state index contributed by atoms with van der Waals surface area (Å²) >= 11 is 0. The van der Waals surface area contributed by atoms with Crippen LogP contribution in [0.15, 0.2) is 71.7 Å². The van der Waals surface area contributed by atoms with Crippen LogP contribution in [-0.4, -0.2) is 31.9 Å². The lowest BCUT2D eigenvalue weighted by Gasteiger charge is -2.23. The number of hydrogen-bond acceptors (Lipinski definition) is 4. The maximum absolute atomic E-state index is 13.3. The number of nitrogens with one attached hydrogen (secondary N) is 1. The van der Waals surface area contributed by atoms with E-state index in [1.54, 1.807) is 11.8 Å². The Morgan fingerprint density at radius 3 is 2.41 bits per heavy atom. The second-order valence-electron chi connectivity index (χ2n) is 7.65. The first-order chi connectivity index (χ1) is 15.6. The molecule has 32 heavy (non-hydrogen) atoms. The molecule has 2 aromatic carbocycles. The van der Waals surface area contributed by atoms with Gasteiger partial charge < -0.3 is 4.90 Å². The lowest BCUT2D eigenvalue weighted by Crippen LogP contribution is -2.36. The van der Waals surface area contributed by atoms with E-state index in [0.717, 1.165) is 17.5 Å². The minimum atomic E-state index is -0.356. The van der Waals surface area contributed by atoms with Crippen molar-refractivity contribution >= 4 is 11.6 Å². The number of aryl methyl sites for hydroxylation is 1. The number of rotatable bonds is 7. The molecule has 0 fully saturated rings. The van der Waals surface area contributed by atoms with Crippen LogP contribution in [0.5, 0.6) is 0 Å². The third-order valence-electron chi connectivity index (χ3n) is 5.49. The van der Waals surface area contributed by atoms with Gasteiger partial charge in [-0.05, 0) is 24.5 Å². The van der Waals surface area contributed by atoms with Gasteiger partial charge in [-0.2, -0.15) is 5.26 Å². The first kappa shape index (κ1) is 21.1. The number of fused-ring (bicyclic) bond motifs is 1. The minimum absolute atomic E-state index is 0.0524. The summed E-state index contributed by atoms with van der Waals surface area (Å²) < 4.78 is 1.22. The Balaban J connectivity index is 1.60. The van der Waals surface area contributed by atoms with Gasteiger partial charge >= 0.3 is 0 Å². The zero-order valence-corrected chi connectivity index (χ0v) is 17.8. The van der Waals surface area contributed by atoms with E-state index >= 15 is 0 Å². The first-order valence-corrected chi connectivity index (χ1v) is 10.4. The number of aromatic amines is 1. The van der Waals surface area contributed by atoms with Gasteiger partial charge in [0.05, 0.1) is 6.42 Å². The molecule has 0 atom stereocenters. The van der Waals surface area contributed by atoms with Gasteiger partial charge in [0, 0.05) is 30.5 Å². The second kappa shape index (κ2) is 9.31. The number of nitrogens with zero attached hydrogens (tertiary/aromatic N) is 4. The molecule has 0 bridgehead atoms. The molecule has 0 aliphatic carbocycles. The lowest BCUT2D eigenvalue weighted by molar-refractivity contribution is -0.131. The van der Waals surface area contributed by atoms with Crippen LogP contribution in [-0.2, 0) is 24.2 Å². The smallest absolute Gasteiger partial charge is 0.276 e. The number of benzene rings is 2. The molecule has 7 nitrogen and oxygen atoms in total. The van der Waals surface area contributed by atoms with Crippen LogP contribution >= 0.6 is 0 Å². The van der Waals surface area contributed by atoms with E-state index in [2.05, 4.69) is 10.1 Å². The zero-order chi connectivity index (χ0) is 22.5. The SMILES string of the molecule is Cc1nc2c(C#N)c[nH]n2c(=O)c1CC(=O)N(CCc1ccccc1)Cc1ccccc1. The Kier molecular flexibility index (Phi) is 6.13. The monoisotopic (exact) mass is 425 g/mol. The van der Waals surface area contributed by atoms with Crippen LogP contribution < -0.4 is 5.56 Å². The van der Waals surface area contributed by atoms with Gasteiger partial charge in [-0.3, -0.25) is 14.7 Å². The van der Waals surface area contributed by atoms with Gasteiger partial charge in [-0.1, -0.05) is 60.7 Å². The summed E-state index contributed by atoms with van der Waals surface area (Å²) in [6.45, 7) is 2.70. The molecule has 4 aromatic rings. The van der Waals surface area contributed by atoms with Crippen LogP contribution in [0.1, 0.15) is 27.9 Å². The highest BCUT2D eigenvalue weighted by Crippen LogP contribution is 2.12. The molecule has 0 unspecified atom stereocenters. The topological polar surface area (TPSA) is 94.3 Å². The van der Waals surface area contributed by atoms with E-state index in [1.807, 2.05) is 66.7 Å². The van der Waals surface area contributed by atoms with E-state index in [4.69, 9.17) is 0 Å². The van der Waals surface area contributed by atoms with Gasteiger partial charge in [0.2, 0.25) is 5.91 Å². The van der Waals surface area contributed by atoms with E-state index in [1.165, 1.54) is 10.7 Å². The highest BCUT2D eigenvalue weighted by atomic mass is 16.2. The summed E-state index contributed by atoms with van der Waals surface area (Å²) in [4.78, 5) is 32.5. The maximum Gasteiger partial charge on any atom is 0.276 e. The number of aromatic nitrogens is 3. The number of hydrogen-bond donors (Lipinski definition) is 1. The second-order valence-corrected chi connectivity index (χ2v) is 7.65. The number of amides is 1. The third kappa shape index (κ3) is 4.44. The Morgan fingerprint density at radius 1 is 1.09 bits per heavy atom. The largest absolute Gasteiger partial charge is 0.338 e. The van der Waals surface area contributed by atoms with Crippen molar-refractivity contribution in [3.8, 4) is 6.07 Å². The predicted octanol–water partition coefficient (Wildman–Crippen LogP) is 3.02. The molecule has 2 heterocycles. The van der Waals surface area contributed by atoms with Gasteiger partial charge in [-0.25, -0.2) is 9.50 Å². The van der Waals surface area contributed by atoms with Crippen LogP contribution in [0.25, 0.3) is 5.65 Å². The van der Waals surface area contributed by atoms with Crippen molar-refractivity contribution in [2.75, 3.05) is 6.54 Å². The standard InChI is InChI=1S/C25H23N5O2/c1-18-22(25(32)30-24(28-18)21(15-26)16-27-30)14-23(31)29(17-20-10-6-3-7-11-20)13-12-19-8-4-2-5-9-19/h2-11,16,27H,12-14,17H2,1H3. The Bertz CT molecular complexity index is 1330. The third-order valence-corrected chi connectivity index (χ3v) is 5.49. The molecule has 0 aliphatic rings. The summed E-state index contributed by atoms with van der Waals surface area (Å²) in [7, 11) is 0. The average molecular weight is 425 g/mol. The normalized spacial score (nSPS) is 10.8. The maximum atomic E-state index is 13.3. The molecule has 0 spiro atoms. The number of carbonyl (C=O) groups excluding carboxylic acids is 1. The minimum Gasteiger partial charge on any atom is -0.338 e.